The molecule has 1 unspecified atom stereocenters. The van der Waals surface area contributed by atoms with Crippen molar-refractivity contribution in [2.75, 3.05) is 24.6 Å². The fraction of sp³-hybridized carbons (Fsp3) is 0.647. The van der Waals surface area contributed by atoms with Crippen molar-refractivity contribution in [1.82, 2.24) is 5.32 Å². The van der Waals surface area contributed by atoms with Crippen LogP contribution in [0.2, 0.25) is 0 Å². The first kappa shape index (κ1) is 16.8. The Bertz CT molecular complexity index is 470. The highest BCUT2D eigenvalue weighted by molar-refractivity contribution is 9.10. The number of hydrogen-bond donors (Lipinski definition) is 1. The second-order valence-corrected chi connectivity index (χ2v) is 7.72. The third kappa shape index (κ3) is 5.28. The molecule has 0 amide bonds. The molecule has 0 saturated carbocycles. The number of nitrogens with one attached hydrogen (secondary N) is 1. The fourth-order valence-corrected chi connectivity index (χ4v) is 3.17. The molecule has 118 valence electrons. The summed E-state index contributed by atoms with van der Waals surface area (Å²) in [5, 5.41) is 3.53. The summed E-state index contributed by atoms with van der Waals surface area (Å²) in [7, 11) is 0. The van der Waals surface area contributed by atoms with Crippen LogP contribution in [0.3, 0.4) is 0 Å². The minimum absolute atomic E-state index is 0.142. The number of halogens is 1. The molecular formula is C17H27BrN2O. The molecule has 1 N–H and O–H groups in total. The minimum Gasteiger partial charge on any atom is -0.377 e. The third-order valence-corrected chi connectivity index (χ3v) is 4.26. The maximum absolute atomic E-state index is 5.73. The topological polar surface area (TPSA) is 24.5 Å². The molecule has 0 aromatic heterocycles. The zero-order valence-corrected chi connectivity index (χ0v) is 15.2. The van der Waals surface area contributed by atoms with E-state index >= 15 is 0 Å². The van der Waals surface area contributed by atoms with Gasteiger partial charge in [-0.25, -0.2) is 0 Å². The molecule has 0 spiro atoms. The maximum Gasteiger partial charge on any atom is 0.0721 e. The number of ether oxygens (including phenoxy) is 1. The van der Waals surface area contributed by atoms with Crippen LogP contribution in [0.25, 0.3) is 0 Å². The summed E-state index contributed by atoms with van der Waals surface area (Å²) in [4.78, 5) is 2.42. The molecule has 4 heteroatoms. The van der Waals surface area contributed by atoms with Gasteiger partial charge in [-0.2, -0.15) is 0 Å². The molecule has 1 aromatic carbocycles. The van der Waals surface area contributed by atoms with Gasteiger partial charge in [-0.15, -0.1) is 0 Å². The van der Waals surface area contributed by atoms with E-state index in [4.69, 9.17) is 4.74 Å². The summed E-state index contributed by atoms with van der Waals surface area (Å²) in [6, 6.07) is 6.67. The summed E-state index contributed by atoms with van der Waals surface area (Å²) in [5.41, 5.74) is 2.72. The van der Waals surface area contributed by atoms with E-state index in [0.717, 1.165) is 32.7 Å². The lowest BCUT2D eigenvalue weighted by Gasteiger charge is -2.26. The Labute approximate surface area is 137 Å². The van der Waals surface area contributed by atoms with Crippen LogP contribution in [-0.4, -0.2) is 31.3 Å². The second kappa shape index (κ2) is 7.12. The fourth-order valence-electron chi connectivity index (χ4n) is 2.50. The van der Waals surface area contributed by atoms with Gasteiger partial charge in [0.1, 0.15) is 0 Å². The molecule has 1 aromatic rings. The monoisotopic (exact) mass is 354 g/mol. The second-order valence-electron chi connectivity index (χ2n) is 6.87. The van der Waals surface area contributed by atoms with Gasteiger partial charge >= 0.3 is 0 Å². The molecular weight excluding hydrogens is 328 g/mol. The zero-order valence-electron chi connectivity index (χ0n) is 13.6. The Morgan fingerprint density at radius 2 is 2.14 bits per heavy atom. The van der Waals surface area contributed by atoms with Gasteiger partial charge in [-0.05, 0) is 67.7 Å². The predicted octanol–water partition coefficient (Wildman–Crippen LogP) is 3.95. The lowest BCUT2D eigenvalue weighted by atomic mass is 10.1. The van der Waals surface area contributed by atoms with Crippen LogP contribution in [-0.2, 0) is 11.3 Å². The van der Waals surface area contributed by atoms with E-state index in [-0.39, 0.29) is 5.54 Å². The van der Waals surface area contributed by atoms with Crippen molar-refractivity contribution < 1.29 is 4.74 Å². The highest BCUT2D eigenvalue weighted by Crippen LogP contribution is 2.29. The quantitative estimate of drug-likeness (QED) is 0.889. The van der Waals surface area contributed by atoms with Crippen LogP contribution in [0.1, 0.15) is 39.7 Å². The van der Waals surface area contributed by atoms with Crippen molar-refractivity contribution >= 4 is 21.6 Å². The van der Waals surface area contributed by atoms with E-state index in [9.17, 15) is 0 Å². The van der Waals surface area contributed by atoms with Crippen molar-refractivity contribution in [3.63, 3.8) is 0 Å². The summed E-state index contributed by atoms with van der Waals surface area (Å²) in [6.07, 6.45) is 1.38. The van der Waals surface area contributed by atoms with Crippen molar-refractivity contribution in [1.29, 1.82) is 0 Å². The van der Waals surface area contributed by atoms with E-state index in [1.54, 1.807) is 0 Å². The van der Waals surface area contributed by atoms with Gasteiger partial charge in [0.15, 0.2) is 0 Å². The first-order chi connectivity index (χ1) is 9.85. The van der Waals surface area contributed by atoms with Crippen molar-refractivity contribution in [2.45, 2.75) is 52.3 Å². The van der Waals surface area contributed by atoms with Gasteiger partial charge in [0.05, 0.1) is 11.8 Å². The molecule has 1 aliphatic heterocycles. The Kier molecular flexibility index (Phi) is 5.69. The first-order valence-electron chi connectivity index (χ1n) is 7.75. The van der Waals surface area contributed by atoms with Crippen LogP contribution in [0, 0.1) is 0 Å². The van der Waals surface area contributed by atoms with Gasteiger partial charge in [0.25, 0.3) is 0 Å². The normalized spacial score (nSPS) is 20.4. The predicted molar refractivity (Wildman–Crippen MR) is 93.0 cm³/mol. The van der Waals surface area contributed by atoms with Crippen molar-refractivity contribution in [3.8, 4) is 0 Å². The maximum atomic E-state index is 5.73. The van der Waals surface area contributed by atoms with Crippen molar-refractivity contribution in [3.05, 3.63) is 28.2 Å². The molecule has 3 nitrogen and oxygen atoms in total. The molecule has 0 bridgehead atoms. The molecule has 1 heterocycles. The average molecular weight is 355 g/mol. The SMILES string of the molecule is CC1CN(c2ccc(CNC(C)(C)C)cc2Br)CCCO1. The zero-order chi connectivity index (χ0) is 15.5. The van der Waals surface area contributed by atoms with Crippen molar-refractivity contribution in [2.24, 2.45) is 0 Å². The van der Waals surface area contributed by atoms with E-state index < -0.39 is 0 Å². The van der Waals surface area contributed by atoms with Gasteiger partial charge in [0.2, 0.25) is 0 Å². The minimum atomic E-state index is 0.142. The average Bonchev–Trinajstić information content (AvgIpc) is 2.60. The lowest BCUT2D eigenvalue weighted by molar-refractivity contribution is 0.0821. The molecule has 2 rings (SSSR count). The summed E-state index contributed by atoms with van der Waals surface area (Å²) in [6.45, 7) is 12.5. The first-order valence-corrected chi connectivity index (χ1v) is 8.54. The Hall–Kier alpha value is -0.580. The molecule has 21 heavy (non-hydrogen) atoms. The molecule has 1 atom stereocenters. The van der Waals surface area contributed by atoms with Crippen LogP contribution >= 0.6 is 15.9 Å². The van der Waals surface area contributed by atoms with Crippen LogP contribution in [0.4, 0.5) is 5.69 Å². The van der Waals surface area contributed by atoms with E-state index in [1.807, 2.05) is 0 Å². The van der Waals surface area contributed by atoms with E-state index in [2.05, 4.69) is 72.0 Å². The van der Waals surface area contributed by atoms with Gasteiger partial charge in [0, 0.05) is 36.3 Å². The smallest absolute Gasteiger partial charge is 0.0721 e. The molecule has 1 aliphatic rings. The Balaban J connectivity index is 2.07. The van der Waals surface area contributed by atoms with Gasteiger partial charge in [-0.3, -0.25) is 0 Å². The van der Waals surface area contributed by atoms with Crippen LogP contribution in [0.5, 0.6) is 0 Å². The van der Waals surface area contributed by atoms with E-state index in [0.29, 0.717) is 6.10 Å². The lowest BCUT2D eigenvalue weighted by Crippen LogP contribution is -2.35. The summed E-state index contributed by atoms with van der Waals surface area (Å²) in [5.74, 6) is 0. The number of rotatable bonds is 3. The summed E-state index contributed by atoms with van der Waals surface area (Å²) >= 11 is 3.74. The Morgan fingerprint density at radius 1 is 1.38 bits per heavy atom. The van der Waals surface area contributed by atoms with Gasteiger partial charge < -0.3 is 15.0 Å². The molecule has 1 saturated heterocycles. The molecule has 0 aliphatic carbocycles. The number of nitrogens with zero attached hydrogens (tertiary/aromatic N) is 1. The number of benzene rings is 1. The van der Waals surface area contributed by atoms with Crippen LogP contribution < -0.4 is 10.2 Å². The van der Waals surface area contributed by atoms with Gasteiger partial charge in [-0.1, -0.05) is 6.07 Å². The number of hydrogen-bond acceptors (Lipinski definition) is 3. The Morgan fingerprint density at radius 3 is 2.81 bits per heavy atom. The third-order valence-electron chi connectivity index (χ3n) is 3.63. The largest absolute Gasteiger partial charge is 0.377 e. The molecule has 1 fully saturated rings. The highest BCUT2D eigenvalue weighted by Gasteiger charge is 2.17. The highest BCUT2D eigenvalue weighted by atomic mass is 79.9. The van der Waals surface area contributed by atoms with Crippen LogP contribution in [0.15, 0.2) is 22.7 Å². The summed E-state index contributed by atoms with van der Waals surface area (Å²) < 4.78 is 6.90. The molecule has 0 radical (unpaired) electrons. The van der Waals surface area contributed by atoms with E-state index in [1.165, 1.54) is 15.7 Å². The standard InChI is InChI=1S/C17H27BrN2O/c1-13-12-20(8-5-9-21-13)16-7-6-14(10-15(16)18)11-19-17(2,3)4/h6-7,10,13,19H,5,8-9,11-12H2,1-4H3. The number of anilines is 1.